The quantitative estimate of drug-likeness (QED) is 0.166. The van der Waals surface area contributed by atoms with Gasteiger partial charge in [-0.25, -0.2) is 0 Å². The molecule has 0 aliphatic heterocycles. The van der Waals surface area contributed by atoms with Crippen molar-refractivity contribution in [1.29, 1.82) is 0 Å². The van der Waals surface area contributed by atoms with Crippen molar-refractivity contribution < 1.29 is 48.0 Å². The molecule has 2 aliphatic carbocycles. The molecule has 0 saturated heterocycles. The summed E-state index contributed by atoms with van der Waals surface area (Å²) in [6, 6.07) is 43.1. The van der Waals surface area contributed by atoms with E-state index in [1.165, 1.54) is 88.3 Å². The molecule has 6 aromatic carbocycles. The molecular formula is C54H58Cl2Zr. The molecule has 0 nitrogen and oxygen atoms in total. The summed E-state index contributed by atoms with van der Waals surface area (Å²) in [7, 11) is 0. The van der Waals surface area contributed by atoms with E-state index >= 15 is 0 Å². The molecule has 0 radical (unpaired) electrons. The molecule has 57 heavy (non-hydrogen) atoms. The normalized spacial score (nSPS) is 16.6. The maximum absolute atomic E-state index is 2.58. The Morgan fingerprint density at radius 1 is 0.368 bits per heavy atom. The van der Waals surface area contributed by atoms with Crippen molar-refractivity contribution in [2.24, 2.45) is 0 Å². The summed E-state index contributed by atoms with van der Waals surface area (Å²) in [6.45, 7) is 28.4. The molecule has 292 valence electrons. The third kappa shape index (κ3) is 8.47. The van der Waals surface area contributed by atoms with Crippen molar-refractivity contribution in [2.45, 2.75) is 112 Å². The van der Waals surface area contributed by atoms with Crippen LogP contribution in [0.1, 0.15) is 146 Å². The fourth-order valence-electron chi connectivity index (χ4n) is 8.48. The Morgan fingerprint density at radius 3 is 0.930 bits per heavy atom. The van der Waals surface area contributed by atoms with E-state index in [9.17, 15) is 0 Å². The maximum atomic E-state index is 2.58. The van der Waals surface area contributed by atoms with Crippen LogP contribution in [0.2, 0.25) is 0 Å². The Kier molecular flexibility index (Phi) is 11.7. The summed E-state index contributed by atoms with van der Waals surface area (Å²) < 4.78 is 0.815. The van der Waals surface area contributed by atoms with Gasteiger partial charge in [0, 0.05) is 0 Å². The largest absolute Gasteiger partial charge is 1.00 e. The minimum absolute atomic E-state index is 0. The zero-order chi connectivity index (χ0) is 39.2. The Bertz CT molecular complexity index is 2310. The number of benzene rings is 6. The summed E-state index contributed by atoms with van der Waals surface area (Å²) >= 11 is -1.31. The van der Waals surface area contributed by atoms with Gasteiger partial charge in [0.25, 0.3) is 0 Å². The topological polar surface area (TPSA) is 0 Å². The number of halogens is 2. The maximum Gasteiger partial charge on any atom is -1.00 e. The van der Waals surface area contributed by atoms with Crippen molar-refractivity contribution in [1.82, 2.24) is 0 Å². The Balaban J connectivity index is 0.00000275. The van der Waals surface area contributed by atoms with Gasteiger partial charge in [-0.15, -0.1) is 0 Å². The van der Waals surface area contributed by atoms with Crippen LogP contribution < -0.4 is 24.8 Å². The smallest absolute Gasteiger partial charge is 1.00 e. The van der Waals surface area contributed by atoms with E-state index in [0.29, 0.717) is 7.25 Å². The van der Waals surface area contributed by atoms with Gasteiger partial charge >= 0.3 is 345 Å². The first-order chi connectivity index (χ1) is 25.7. The van der Waals surface area contributed by atoms with E-state index in [1.807, 2.05) is 0 Å². The molecular weight excluding hydrogens is 811 g/mol. The molecule has 2 atom stereocenters. The van der Waals surface area contributed by atoms with E-state index in [-0.39, 0.29) is 46.5 Å². The zero-order valence-corrected chi connectivity index (χ0v) is 39.9. The van der Waals surface area contributed by atoms with E-state index in [0.717, 1.165) is 0 Å². The second kappa shape index (κ2) is 15.4. The van der Waals surface area contributed by atoms with Crippen LogP contribution in [0.15, 0.2) is 109 Å². The van der Waals surface area contributed by atoms with Crippen LogP contribution in [-0.4, -0.2) is 0 Å². The number of hydrogen-bond acceptors (Lipinski definition) is 0. The number of allylic oxidation sites excluding steroid dienone is 2. The predicted octanol–water partition coefficient (Wildman–Crippen LogP) is 9.16. The van der Waals surface area contributed by atoms with Gasteiger partial charge in [-0.2, -0.15) is 0 Å². The van der Waals surface area contributed by atoms with Crippen molar-refractivity contribution in [3.05, 3.63) is 165 Å². The Labute approximate surface area is 367 Å². The minimum atomic E-state index is -1.31. The van der Waals surface area contributed by atoms with Gasteiger partial charge in [0.15, 0.2) is 0 Å². The Morgan fingerprint density at radius 2 is 0.649 bits per heavy atom. The molecule has 3 heteroatoms. The van der Waals surface area contributed by atoms with Crippen LogP contribution >= 0.6 is 0 Å². The molecule has 0 amide bonds. The zero-order valence-electron chi connectivity index (χ0n) is 36.0. The van der Waals surface area contributed by atoms with Crippen LogP contribution in [0.5, 0.6) is 0 Å². The number of hydrogen-bond donors (Lipinski definition) is 0. The molecule has 0 bridgehead atoms. The molecule has 8 rings (SSSR count). The van der Waals surface area contributed by atoms with Crippen molar-refractivity contribution in [2.75, 3.05) is 0 Å². The van der Waals surface area contributed by atoms with E-state index < -0.39 is 23.2 Å². The minimum Gasteiger partial charge on any atom is -1.00 e. The van der Waals surface area contributed by atoms with E-state index in [4.69, 9.17) is 0 Å². The second-order valence-electron chi connectivity index (χ2n) is 20.5. The van der Waals surface area contributed by atoms with Gasteiger partial charge < -0.3 is 24.8 Å². The molecule has 6 aromatic rings. The van der Waals surface area contributed by atoms with Gasteiger partial charge in [0.1, 0.15) is 0 Å². The van der Waals surface area contributed by atoms with Crippen LogP contribution in [0.3, 0.4) is 0 Å². The fourth-order valence-corrected chi connectivity index (χ4v) is 13.5. The van der Waals surface area contributed by atoms with E-state index in [1.54, 1.807) is 0 Å². The van der Waals surface area contributed by atoms with Gasteiger partial charge in [-0.1, -0.05) is 0 Å². The molecule has 2 unspecified atom stereocenters. The van der Waals surface area contributed by atoms with Gasteiger partial charge in [0.2, 0.25) is 0 Å². The van der Waals surface area contributed by atoms with Crippen LogP contribution in [0, 0.1) is 0 Å². The molecule has 0 N–H and O–H groups in total. The van der Waals surface area contributed by atoms with Gasteiger partial charge in [-0.3, -0.25) is 0 Å². The summed E-state index contributed by atoms with van der Waals surface area (Å²) in [6.07, 6.45) is 5.16. The Hall–Kier alpha value is -3.22. The number of fused-ring (bicyclic) bond motifs is 4. The monoisotopic (exact) mass is 866 g/mol. The number of rotatable bonds is 4. The summed E-state index contributed by atoms with van der Waals surface area (Å²) in [5.41, 5.74) is 17.7. The van der Waals surface area contributed by atoms with Crippen LogP contribution in [0.4, 0.5) is 0 Å². The fraction of sp³-hybridized carbons (Fsp3) is 0.333. The van der Waals surface area contributed by atoms with Crippen molar-refractivity contribution >= 4 is 44.8 Å². The predicted molar refractivity (Wildman–Crippen MR) is 237 cm³/mol. The summed E-state index contributed by atoms with van der Waals surface area (Å²) in [5, 5.41) is 5.35. The first kappa shape index (κ1) is 43.4. The molecule has 0 heterocycles. The second-order valence-corrected chi connectivity index (χ2v) is 24.1. The first-order valence-electron chi connectivity index (χ1n) is 20.3. The molecule has 0 spiro atoms. The first-order valence-corrected chi connectivity index (χ1v) is 23.2. The third-order valence-corrected chi connectivity index (χ3v) is 16.8. The molecule has 0 aromatic heterocycles. The SMILES string of the molecule is CC(C)(C)c1cc(C2=Cc3cc4ccccc4cc3[CH]2[Zr+2][CH]2C(c3cc(C(C)(C)C)cc(C(C)(C)C)c3)=Cc3cc4ccccc4cc32)cc(C(C)(C)C)c1.[Cl-].[Cl-]. The molecule has 2 aliphatic rings. The van der Waals surface area contributed by atoms with Crippen molar-refractivity contribution in [3.63, 3.8) is 0 Å². The summed E-state index contributed by atoms with van der Waals surface area (Å²) in [5.74, 6) is 0. The van der Waals surface area contributed by atoms with E-state index in [2.05, 4.69) is 204 Å². The third-order valence-electron chi connectivity index (χ3n) is 12.1. The van der Waals surface area contributed by atoms with Crippen LogP contribution in [-0.2, 0) is 44.9 Å². The van der Waals surface area contributed by atoms with Gasteiger partial charge in [0.05, 0.1) is 0 Å². The molecule has 0 fully saturated rings. The average molecular weight is 869 g/mol. The van der Waals surface area contributed by atoms with Gasteiger partial charge in [-0.05, 0) is 0 Å². The standard InChI is InChI=1S/2C27H29.2ClH.Zr/c2*1-26(2,3)24-15-23(16-25(17-24)27(4,5)6)22-13-20-11-18-9-7-8-10-19(18)12-21(20)14-22;;;/h2*7-17H,1-6H3;2*1H;/q;;;;+2/p-2. The van der Waals surface area contributed by atoms with Crippen LogP contribution in [0.25, 0.3) is 44.8 Å². The average Bonchev–Trinajstić information content (AvgIpc) is 3.65. The summed E-state index contributed by atoms with van der Waals surface area (Å²) in [4.78, 5) is 0. The van der Waals surface area contributed by atoms with Crippen molar-refractivity contribution in [3.8, 4) is 0 Å². The molecule has 0 saturated carbocycles.